The molecule has 0 saturated heterocycles. The third-order valence-electron chi connectivity index (χ3n) is 2.86. The lowest BCUT2D eigenvalue weighted by molar-refractivity contribution is -0.671. The minimum absolute atomic E-state index is 0.635. The predicted molar refractivity (Wildman–Crippen MR) is 87.0 cm³/mol. The lowest BCUT2D eigenvalue weighted by atomic mass is 10.2. The van der Waals surface area contributed by atoms with Gasteiger partial charge in [0, 0.05) is 38.0 Å². The van der Waals surface area contributed by atoms with E-state index in [0.29, 0.717) is 19.8 Å². The maximum Gasteiger partial charge on any atom is 0.501 e. The fourth-order valence-electron chi connectivity index (χ4n) is 2.00. The van der Waals surface area contributed by atoms with E-state index in [1.54, 1.807) is 0 Å². The second-order valence-electron chi connectivity index (χ2n) is 4.68. The number of aryl methyl sites for hydroxylation is 2. The minimum Gasteiger partial charge on any atom is -0.832 e. The highest BCUT2D eigenvalue weighted by Crippen LogP contribution is 2.18. The summed E-state index contributed by atoms with van der Waals surface area (Å²) in [7, 11) is -2.90. The first-order valence-corrected chi connectivity index (χ1v) is 9.70. The molecule has 0 aliphatic rings. The van der Waals surface area contributed by atoms with Crippen LogP contribution in [0.4, 0.5) is 0 Å². The highest BCUT2D eigenvalue weighted by molar-refractivity contribution is 6.60. The van der Waals surface area contributed by atoms with E-state index in [0.717, 1.165) is 12.5 Å². The lowest BCUT2D eigenvalue weighted by Gasteiger charge is -2.28. The van der Waals surface area contributed by atoms with Gasteiger partial charge >= 0.3 is 16.1 Å². The van der Waals surface area contributed by atoms with Crippen LogP contribution in [0.5, 0.6) is 0 Å². The predicted octanol–water partition coefficient (Wildman–Crippen LogP) is -0.582. The number of hydrogen-bond donors (Lipinski definition) is 2. The highest BCUT2D eigenvalue weighted by atomic mass is 28.4. The van der Waals surface area contributed by atoms with Crippen molar-refractivity contribution in [2.75, 3.05) is 19.8 Å². The standard InChI is InChI=1S/C14H26NO3Si.BH2O3/c1-5-16-19(17-6-2,18-7-3)13-10-14-8-11-15(4)12-9-14;2-1(3)4/h8-9,11-12H,5-7,10,13H2,1-4H3;2-3H/q+1;-1. The fourth-order valence-corrected chi connectivity index (χ4v) is 4.59. The Hall–Kier alpha value is -0.808. The Bertz CT molecular complexity index is 387. The van der Waals surface area contributed by atoms with Crippen molar-refractivity contribution in [2.45, 2.75) is 33.2 Å². The average molecular weight is 345 g/mol. The van der Waals surface area contributed by atoms with Crippen molar-refractivity contribution in [1.82, 2.24) is 0 Å². The number of rotatable bonds is 9. The molecule has 0 atom stereocenters. The molecule has 0 spiro atoms. The van der Waals surface area contributed by atoms with E-state index >= 15 is 0 Å². The van der Waals surface area contributed by atoms with Crippen LogP contribution in [0.15, 0.2) is 24.5 Å². The number of aromatic nitrogens is 1. The van der Waals surface area contributed by atoms with Gasteiger partial charge in [0.15, 0.2) is 12.4 Å². The number of pyridine rings is 1. The molecule has 2 N–H and O–H groups in total. The topological polar surface area (TPSA) is 95.1 Å². The first-order valence-electron chi connectivity index (χ1n) is 7.77. The molecule has 23 heavy (non-hydrogen) atoms. The van der Waals surface area contributed by atoms with Crippen molar-refractivity contribution in [2.24, 2.45) is 7.05 Å². The highest BCUT2D eigenvalue weighted by Gasteiger charge is 2.39. The lowest BCUT2D eigenvalue weighted by Crippen LogP contribution is -2.46. The molecule has 0 bridgehead atoms. The molecule has 0 aromatic carbocycles. The Labute approximate surface area is 140 Å². The zero-order valence-electron chi connectivity index (χ0n) is 14.4. The molecule has 1 rings (SSSR count). The van der Waals surface area contributed by atoms with Gasteiger partial charge in [-0.05, 0) is 32.8 Å². The minimum atomic E-state index is -2.50. The quantitative estimate of drug-likeness (QED) is 0.459. The summed E-state index contributed by atoms with van der Waals surface area (Å²) in [5.74, 6) is 0. The van der Waals surface area contributed by atoms with Crippen molar-refractivity contribution >= 4 is 16.1 Å². The summed E-state index contributed by atoms with van der Waals surface area (Å²) in [4.78, 5) is 0. The second kappa shape index (κ2) is 12.6. The summed E-state index contributed by atoms with van der Waals surface area (Å²) in [5, 5.41) is 22.8. The number of nitrogens with zero attached hydrogens (tertiary/aromatic N) is 1. The molecule has 0 aliphatic heterocycles. The van der Waals surface area contributed by atoms with Gasteiger partial charge in [-0.2, -0.15) is 0 Å². The summed E-state index contributed by atoms with van der Waals surface area (Å²) in [5.41, 5.74) is 1.29. The molecule has 9 heteroatoms. The van der Waals surface area contributed by atoms with Crippen molar-refractivity contribution < 1.29 is 32.9 Å². The molecule has 1 heterocycles. The van der Waals surface area contributed by atoms with E-state index < -0.39 is 16.1 Å². The molecule has 0 aliphatic carbocycles. The van der Waals surface area contributed by atoms with Crippen molar-refractivity contribution in [3.05, 3.63) is 30.1 Å². The Balaban J connectivity index is 0.00000108. The van der Waals surface area contributed by atoms with E-state index in [4.69, 9.17) is 28.4 Å². The maximum atomic E-state index is 8.64. The van der Waals surface area contributed by atoms with E-state index in [1.165, 1.54) is 5.56 Å². The summed E-state index contributed by atoms with van der Waals surface area (Å²) < 4.78 is 19.6. The zero-order valence-corrected chi connectivity index (χ0v) is 15.4. The molecule has 0 saturated carbocycles. The Morgan fingerprint density at radius 3 is 1.78 bits per heavy atom. The smallest absolute Gasteiger partial charge is 0.501 e. The molecular formula is C14H28BNO6Si. The normalized spacial score (nSPS) is 10.9. The first kappa shape index (κ1) is 22.2. The van der Waals surface area contributed by atoms with Gasteiger partial charge in [0.05, 0.1) is 0 Å². The molecule has 0 unspecified atom stereocenters. The summed E-state index contributed by atoms with van der Waals surface area (Å²) in [6.07, 6.45) is 5.04. The largest absolute Gasteiger partial charge is 0.832 e. The first-order chi connectivity index (χ1) is 10.9. The molecule has 1 aromatic rings. The Morgan fingerprint density at radius 2 is 1.43 bits per heavy atom. The van der Waals surface area contributed by atoms with Crippen LogP contribution in [0.25, 0.3) is 0 Å². The molecule has 0 fully saturated rings. The SMILES string of the molecule is CCO[Si](CCc1cc[n+](C)cc1)(OCC)OCC.[O-]B(O)O. The maximum absolute atomic E-state index is 8.64. The Morgan fingerprint density at radius 1 is 1.04 bits per heavy atom. The van der Waals surface area contributed by atoms with Crippen molar-refractivity contribution in [1.29, 1.82) is 0 Å². The zero-order chi connectivity index (χ0) is 17.7. The average Bonchev–Trinajstić information content (AvgIpc) is 2.47. The van der Waals surface area contributed by atoms with Gasteiger partial charge in [-0.15, -0.1) is 0 Å². The molecule has 132 valence electrons. The van der Waals surface area contributed by atoms with Gasteiger partial charge in [-0.3, -0.25) is 0 Å². The van der Waals surface area contributed by atoms with Crippen LogP contribution >= 0.6 is 0 Å². The van der Waals surface area contributed by atoms with Gasteiger partial charge < -0.3 is 28.4 Å². The van der Waals surface area contributed by atoms with E-state index in [-0.39, 0.29) is 0 Å². The van der Waals surface area contributed by atoms with Crippen LogP contribution in [0, 0.1) is 0 Å². The molecule has 0 radical (unpaired) electrons. The van der Waals surface area contributed by atoms with E-state index in [9.17, 15) is 0 Å². The third kappa shape index (κ3) is 10.6. The van der Waals surface area contributed by atoms with Crippen LogP contribution in [0.3, 0.4) is 0 Å². The van der Waals surface area contributed by atoms with Crippen LogP contribution in [-0.2, 0) is 26.7 Å². The van der Waals surface area contributed by atoms with Crippen LogP contribution < -0.4 is 9.59 Å². The fraction of sp³-hybridized carbons (Fsp3) is 0.643. The Kier molecular flexibility index (Phi) is 12.2. The molecular weight excluding hydrogens is 317 g/mol. The summed E-state index contributed by atoms with van der Waals surface area (Å²) >= 11 is 0. The van der Waals surface area contributed by atoms with Crippen LogP contribution in [0.2, 0.25) is 6.04 Å². The second-order valence-corrected chi connectivity index (χ2v) is 7.41. The van der Waals surface area contributed by atoms with Gasteiger partial charge in [0.2, 0.25) is 0 Å². The van der Waals surface area contributed by atoms with Gasteiger partial charge in [0.1, 0.15) is 7.05 Å². The monoisotopic (exact) mass is 345 g/mol. The van der Waals surface area contributed by atoms with Crippen molar-refractivity contribution in [3.8, 4) is 0 Å². The van der Waals surface area contributed by atoms with Gasteiger partial charge in [-0.1, -0.05) is 0 Å². The summed E-state index contributed by atoms with van der Waals surface area (Å²) in [6, 6.07) is 5.09. The molecule has 1 aromatic heterocycles. The van der Waals surface area contributed by atoms with Gasteiger partial charge in [-0.25, -0.2) is 4.57 Å². The van der Waals surface area contributed by atoms with E-state index in [2.05, 4.69) is 24.5 Å². The van der Waals surface area contributed by atoms with Crippen LogP contribution in [0.1, 0.15) is 26.3 Å². The van der Waals surface area contributed by atoms with E-state index in [1.807, 2.05) is 32.4 Å². The molecule has 0 amide bonds. The summed E-state index contributed by atoms with van der Waals surface area (Å²) in [6.45, 7) is 7.87. The third-order valence-corrected chi connectivity index (χ3v) is 5.91. The van der Waals surface area contributed by atoms with Crippen LogP contribution in [-0.4, -0.2) is 46.0 Å². The van der Waals surface area contributed by atoms with Gasteiger partial charge in [0.25, 0.3) is 0 Å². The number of hydrogen-bond acceptors (Lipinski definition) is 6. The van der Waals surface area contributed by atoms with Crippen molar-refractivity contribution in [3.63, 3.8) is 0 Å². The molecule has 7 nitrogen and oxygen atoms in total.